The normalized spacial score (nSPS) is 11.5. The first-order valence-corrected chi connectivity index (χ1v) is 11.7. The molecule has 0 aliphatic carbocycles. The zero-order valence-corrected chi connectivity index (χ0v) is 19.7. The molecule has 2 N–H and O–H groups in total. The topological polar surface area (TPSA) is 102 Å². The van der Waals surface area contributed by atoms with E-state index >= 15 is 0 Å². The van der Waals surface area contributed by atoms with Gasteiger partial charge in [0.05, 0.1) is 5.56 Å². The smallest absolute Gasteiger partial charge is 0.412 e. The van der Waals surface area contributed by atoms with Crippen molar-refractivity contribution in [2.75, 3.05) is 18.2 Å². The van der Waals surface area contributed by atoms with Gasteiger partial charge in [0.25, 0.3) is 0 Å². The lowest BCUT2D eigenvalue weighted by molar-refractivity contribution is -0.141. The number of carboxylic acid groups (broad SMARTS) is 1. The van der Waals surface area contributed by atoms with Crippen molar-refractivity contribution in [3.05, 3.63) is 83.9 Å². The number of carbonyl (C=O) groups is 3. The van der Waals surface area contributed by atoms with Crippen molar-refractivity contribution in [3.8, 4) is 0 Å². The predicted octanol–water partition coefficient (Wildman–Crippen LogP) is 5.54. The minimum atomic E-state index is -1.09. The summed E-state index contributed by atoms with van der Waals surface area (Å²) >= 11 is 1.53. The summed E-state index contributed by atoms with van der Waals surface area (Å²) in [5.74, 6) is -1.72. The standard InChI is InChI=1S/C26H25NO6S/c1-16(2)25(30)32-15-20(33-26(31)27-19-8-6-9-21(14-19)34-3)13-18-12-11-17-7-4-5-10-22(17)23(18)24(28)29/h4-12,14,20H,1,13,15H2,2-3H3,(H,27,31)(H,28,29). The van der Waals surface area contributed by atoms with Crippen molar-refractivity contribution in [3.63, 3.8) is 0 Å². The molecule has 0 fully saturated rings. The summed E-state index contributed by atoms with van der Waals surface area (Å²) in [5.41, 5.74) is 1.33. The average molecular weight is 480 g/mol. The van der Waals surface area contributed by atoms with Gasteiger partial charge in [-0.1, -0.05) is 49.0 Å². The Bertz CT molecular complexity index is 1240. The van der Waals surface area contributed by atoms with Crippen LogP contribution in [0.2, 0.25) is 0 Å². The largest absolute Gasteiger partial charge is 0.478 e. The molecule has 0 spiro atoms. The van der Waals surface area contributed by atoms with Gasteiger partial charge >= 0.3 is 18.0 Å². The summed E-state index contributed by atoms with van der Waals surface area (Å²) in [6, 6.07) is 17.9. The molecule has 0 radical (unpaired) electrons. The minimum absolute atomic E-state index is 0.0359. The summed E-state index contributed by atoms with van der Waals surface area (Å²) in [7, 11) is 0. The Morgan fingerprint density at radius 1 is 1.09 bits per heavy atom. The number of benzene rings is 3. The number of carbonyl (C=O) groups excluding carboxylic acids is 2. The van der Waals surface area contributed by atoms with Crippen LogP contribution in [-0.4, -0.2) is 42.1 Å². The van der Waals surface area contributed by atoms with Crippen molar-refractivity contribution in [1.82, 2.24) is 0 Å². The summed E-state index contributed by atoms with van der Waals surface area (Å²) in [4.78, 5) is 37.6. The van der Waals surface area contributed by atoms with Crippen molar-refractivity contribution >= 4 is 46.3 Å². The molecule has 0 aromatic heterocycles. The Labute approximate surface area is 201 Å². The van der Waals surface area contributed by atoms with E-state index in [0.29, 0.717) is 16.6 Å². The highest BCUT2D eigenvalue weighted by Gasteiger charge is 2.23. The zero-order chi connectivity index (χ0) is 24.7. The lowest BCUT2D eigenvalue weighted by Gasteiger charge is -2.20. The van der Waals surface area contributed by atoms with Gasteiger partial charge in [-0.05, 0) is 47.7 Å². The van der Waals surface area contributed by atoms with E-state index < -0.39 is 24.1 Å². The summed E-state index contributed by atoms with van der Waals surface area (Å²) < 4.78 is 10.8. The third-order valence-electron chi connectivity index (χ3n) is 5.02. The van der Waals surface area contributed by atoms with E-state index in [1.54, 1.807) is 30.3 Å². The van der Waals surface area contributed by atoms with Crippen molar-refractivity contribution in [1.29, 1.82) is 0 Å². The fourth-order valence-electron chi connectivity index (χ4n) is 3.41. The van der Waals surface area contributed by atoms with Gasteiger partial charge < -0.3 is 14.6 Å². The number of carboxylic acids is 1. The molecule has 176 valence electrons. The van der Waals surface area contributed by atoms with Crippen molar-refractivity contribution < 1.29 is 29.0 Å². The van der Waals surface area contributed by atoms with E-state index in [2.05, 4.69) is 11.9 Å². The van der Waals surface area contributed by atoms with E-state index in [9.17, 15) is 19.5 Å². The summed E-state index contributed by atoms with van der Waals surface area (Å²) in [6.07, 6.45) is 0.292. The van der Waals surface area contributed by atoms with Crippen molar-refractivity contribution in [2.45, 2.75) is 24.3 Å². The van der Waals surface area contributed by atoms with Crippen molar-refractivity contribution in [2.24, 2.45) is 0 Å². The van der Waals surface area contributed by atoms with Crippen LogP contribution in [0.25, 0.3) is 10.8 Å². The maximum Gasteiger partial charge on any atom is 0.412 e. The number of hydrogen-bond acceptors (Lipinski definition) is 6. The summed E-state index contributed by atoms with van der Waals surface area (Å²) in [6.45, 7) is 4.80. The molecule has 3 aromatic rings. The number of aromatic carboxylic acids is 1. The van der Waals surface area contributed by atoms with Crippen LogP contribution in [-0.2, 0) is 20.7 Å². The first-order chi connectivity index (χ1) is 16.3. The monoisotopic (exact) mass is 479 g/mol. The van der Waals surface area contributed by atoms with Gasteiger partial charge in [0.2, 0.25) is 0 Å². The minimum Gasteiger partial charge on any atom is -0.478 e. The fraction of sp³-hybridized carbons (Fsp3) is 0.192. The number of amides is 1. The maximum atomic E-state index is 12.6. The van der Waals surface area contributed by atoms with E-state index in [0.717, 1.165) is 10.3 Å². The third-order valence-corrected chi connectivity index (χ3v) is 5.74. The Kier molecular flexibility index (Phi) is 8.32. The first kappa shape index (κ1) is 24.9. The number of nitrogens with one attached hydrogen (secondary N) is 1. The van der Waals surface area contributed by atoms with Gasteiger partial charge in [-0.2, -0.15) is 0 Å². The highest BCUT2D eigenvalue weighted by atomic mass is 32.2. The van der Waals surface area contributed by atoms with E-state index in [-0.39, 0.29) is 24.2 Å². The predicted molar refractivity (Wildman–Crippen MR) is 132 cm³/mol. The Morgan fingerprint density at radius 2 is 1.85 bits per heavy atom. The maximum absolute atomic E-state index is 12.6. The Hall–Kier alpha value is -3.78. The number of ether oxygens (including phenoxy) is 2. The molecule has 0 saturated heterocycles. The molecule has 8 heteroatoms. The molecule has 0 bridgehead atoms. The van der Waals surface area contributed by atoms with E-state index in [1.165, 1.54) is 18.7 Å². The number of thioether (sulfide) groups is 1. The van der Waals surface area contributed by atoms with Crippen LogP contribution >= 0.6 is 11.8 Å². The molecular weight excluding hydrogens is 454 g/mol. The molecule has 7 nitrogen and oxygen atoms in total. The van der Waals surface area contributed by atoms with Gasteiger partial charge in [-0.3, -0.25) is 5.32 Å². The highest BCUT2D eigenvalue weighted by molar-refractivity contribution is 7.98. The van der Waals surface area contributed by atoms with Gasteiger partial charge in [-0.25, -0.2) is 14.4 Å². The molecule has 3 aromatic carbocycles. The molecule has 1 amide bonds. The summed E-state index contributed by atoms with van der Waals surface area (Å²) in [5, 5.41) is 13.9. The number of rotatable bonds is 9. The number of hydrogen-bond donors (Lipinski definition) is 2. The van der Waals surface area contributed by atoms with Gasteiger partial charge in [-0.15, -0.1) is 11.8 Å². The molecule has 1 atom stereocenters. The molecular formula is C26H25NO6S. The molecule has 3 rings (SSSR count). The van der Waals surface area contributed by atoms with Crippen LogP contribution < -0.4 is 5.32 Å². The Balaban J connectivity index is 1.85. The van der Waals surface area contributed by atoms with Crippen LogP contribution in [0.3, 0.4) is 0 Å². The number of anilines is 1. The quantitative estimate of drug-likeness (QED) is 0.236. The first-order valence-electron chi connectivity index (χ1n) is 10.5. The fourth-order valence-corrected chi connectivity index (χ4v) is 3.87. The van der Waals surface area contributed by atoms with E-state index in [4.69, 9.17) is 9.47 Å². The second kappa shape index (κ2) is 11.4. The van der Waals surface area contributed by atoms with Gasteiger partial charge in [0, 0.05) is 22.6 Å². The van der Waals surface area contributed by atoms with Gasteiger partial charge in [0.1, 0.15) is 12.7 Å². The molecule has 0 aliphatic heterocycles. The van der Waals surface area contributed by atoms with Crippen LogP contribution in [0.5, 0.6) is 0 Å². The third kappa shape index (κ3) is 6.39. The molecule has 0 saturated carbocycles. The highest BCUT2D eigenvalue weighted by Crippen LogP contribution is 2.25. The molecule has 1 unspecified atom stereocenters. The van der Waals surface area contributed by atoms with E-state index in [1.807, 2.05) is 36.6 Å². The van der Waals surface area contributed by atoms with Crippen LogP contribution in [0.15, 0.2) is 77.7 Å². The molecule has 0 heterocycles. The lowest BCUT2D eigenvalue weighted by atomic mass is 9.95. The molecule has 0 aliphatic rings. The second-order valence-electron chi connectivity index (χ2n) is 7.59. The SMILES string of the molecule is C=C(C)C(=O)OCC(Cc1ccc2ccccc2c1C(=O)O)OC(=O)Nc1cccc(SC)c1. The van der Waals surface area contributed by atoms with Crippen LogP contribution in [0, 0.1) is 0 Å². The molecule has 34 heavy (non-hydrogen) atoms. The number of fused-ring (bicyclic) bond motifs is 1. The second-order valence-corrected chi connectivity index (χ2v) is 8.47. The van der Waals surface area contributed by atoms with Gasteiger partial charge in [0.15, 0.2) is 0 Å². The van der Waals surface area contributed by atoms with Crippen LogP contribution in [0.4, 0.5) is 10.5 Å². The number of esters is 1. The zero-order valence-electron chi connectivity index (χ0n) is 18.9. The average Bonchev–Trinajstić information content (AvgIpc) is 2.81. The van der Waals surface area contributed by atoms with Crippen LogP contribution in [0.1, 0.15) is 22.8 Å². The lowest BCUT2D eigenvalue weighted by Crippen LogP contribution is -2.30. The Morgan fingerprint density at radius 3 is 2.56 bits per heavy atom.